The van der Waals surface area contributed by atoms with Crippen molar-refractivity contribution in [2.45, 2.75) is 32.4 Å². The smallest absolute Gasteiger partial charge is 0.223 e. The van der Waals surface area contributed by atoms with Gasteiger partial charge in [0.1, 0.15) is 5.75 Å². The lowest BCUT2D eigenvalue weighted by molar-refractivity contribution is -0.127. The summed E-state index contributed by atoms with van der Waals surface area (Å²) in [6, 6.07) is 13.4. The molecular weight excluding hydrogens is 395 g/mol. The van der Waals surface area contributed by atoms with Crippen LogP contribution in [0.5, 0.6) is 5.75 Å². The van der Waals surface area contributed by atoms with Gasteiger partial charge in [-0.1, -0.05) is 41.4 Å². The molecule has 4 nitrogen and oxygen atoms in total. The van der Waals surface area contributed by atoms with Gasteiger partial charge < -0.3 is 10.1 Å². The van der Waals surface area contributed by atoms with Crippen LogP contribution in [0, 0.1) is 5.92 Å². The summed E-state index contributed by atoms with van der Waals surface area (Å²) in [5, 5.41) is 4.49. The number of rotatable bonds is 6. The van der Waals surface area contributed by atoms with Gasteiger partial charge in [0.05, 0.1) is 13.2 Å². The van der Waals surface area contributed by atoms with Crippen LogP contribution in [0.1, 0.15) is 36.9 Å². The van der Waals surface area contributed by atoms with Gasteiger partial charge in [0.15, 0.2) is 0 Å². The molecule has 1 saturated heterocycles. The number of piperidine rings is 1. The number of likely N-dealkylation sites (tertiary alicyclic amines) is 1. The van der Waals surface area contributed by atoms with E-state index in [1.54, 1.807) is 13.2 Å². The van der Waals surface area contributed by atoms with Crippen molar-refractivity contribution >= 4 is 29.1 Å². The molecule has 1 heterocycles. The number of ether oxygens (including phenoxy) is 1. The first-order valence-corrected chi connectivity index (χ1v) is 10.3. The Bertz CT molecular complexity index is 803. The van der Waals surface area contributed by atoms with E-state index < -0.39 is 0 Å². The van der Waals surface area contributed by atoms with Crippen LogP contribution in [-0.4, -0.2) is 31.0 Å². The molecule has 0 aromatic heterocycles. The average molecular weight is 421 g/mol. The van der Waals surface area contributed by atoms with Crippen molar-refractivity contribution in [1.29, 1.82) is 0 Å². The Morgan fingerprint density at radius 2 is 1.86 bits per heavy atom. The molecule has 2 aromatic carbocycles. The topological polar surface area (TPSA) is 41.6 Å². The van der Waals surface area contributed by atoms with Gasteiger partial charge in [0.2, 0.25) is 5.91 Å². The summed E-state index contributed by atoms with van der Waals surface area (Å²) in [6.45, 7) is 4.56. The molecule has 1 aliphatic heterocycles. The Kier molecular flexibility index (Phi) is 7.22. The van der Waals surface area contributed by atoms with Gasteiger partial charge in [0.25, 0.3) is 0 Å². The Morgan fingerprint density at radius 1 is 1.18 bits per heavy atom. The normalized spacial score (nSPS) is 16.6. The number of nitrogens with one attached hydrogen (secondary N) is 1. The second-order valence-corrected chi connectivity index (χ2v) is 8.13. The average Bonchev–Trinajstić information content (AvgIpc) is 2.70. The van der Waals surface area contributed by atoms with Crippen LogP contribution in [0.4, 0.5) is 0 Å². The third-order valence-electron chi connectivity index (χ3n) is 5.34. The van der Waals surface area contributed by atoms with Gasteiger partial charge in [-0.3, -0.25) is 9.69 Å². The second kappa shape index (κ2) is 9.64. The third kappa shape index (κ3) is 5.40. The van der Waals surface area contributed by atoms with Crippen molar-refractivity contribution in [3.63, 3.8) is 0 Å². The van der Waals surface area contributed by atoms with Crippen molar-refractivity contribution in [1.82, 2.24) is 10.2 Å². The van der Waals surface area contributed by atoms with E-state index in [1.165, 1.54) is 0 Å². The number of nitrogens with zero attached hydrogens (tertiary/aromatic N) is 1. The first kappa shape index (κ1) is 21.0. The summed E-state index contributed by atoms with van der Waals surface area (Å²) in [6.07, 6.45) is 1.71. The summed E-state index contributed by atoms with van der Waals surface area (Å²) in [5.74, 6) is 1.00. The fraction of sp³-hybridized carbons (Fsp3) is 0.409. The maximum absolute atomic E-state index is 12.7. The van der Waals surface area contributed by atoms with Crippen molar-refractivity contribution in [3.05, 3.63) is 63.6 Å². The summed E-state index contributed by atoms with van der Waals surface area (Å²) < 4.78 is 5.18. The molecule has 0 bridgehead atoms. The first-order chi connectivity index (χ1) is 13.5. The zero-order valence-corrected chi connectivity index (χ0v) is 17.8. The van der Waals surface area contributed by atoms with Gasteiger partial charge >= 0.3 is 0 Å². The molecule has 0 unspecified atom stereocenters. The summed E-state index contributed by atoms with van der Waals surface area (Å²) in [5.41, 5.74) is 2.14. The summed E-state index contributed by atoms with van der Waals surface area (Å²) >= 11 is 12.2. The monoisotopic (exact) mass is 420 g/mol. The minimum Gasteiger partial charge on any atom is -0.497 e. The minimum atomic E-state index is -0.0238. The maximum Gasteiger partial charge on any atom is 0.223 e. The van der Waals surface area contributed by atoms with E-state index in [4.69, 9.17) is 27.9 Å². The highest BCUT2D eigenvalue weighted by atomic mass is 35.5. The van der Waals surface area contributed by atoms with Crippen LogP contribution >= 0.6 is 23.2 Å². The number of methoxy groups -OCH3 is 1. The Balaban J connectivity index is 1.49. The highest BCUT2D eigenvalue weighted by molar-refractivity contribution is 6.35. The number of carbonyl (C=O) groups excluding carboxylic acids is 1. The molecule has 28 heavy (non-hydrogen) atoms. The molecule has 0 aliphatic carbocycles. The van der Waals surface area contributed by atoms with Crippen molar-refractivity contribution in [2.75, 3.05) is 20.2 Å². The van der Waals surface area contributed by atoms with E-state index in [9.17, 15) is 4.79 Å². The molecule has 6 heteroatoms. The Morgan fingerprint density at radius 3 is 2.46 bits per heavy atom. The van der Waals surface area contributed by atoms with Gasteiger partial charge in [-0.15, -0.1) is 0 Å². The van der Waals surface area contributed by atoms with Gasteiger partial charge in [0, 0.05) is 22.5 Å². The molecular formula is C22H26Cl2N2O2. The molecule has 3 rings (SSSR count). The van der Waals surface area contributed by atoms with Gasteiger partial charge in [-0.2, -0.15) is 0 Å². The van der Waals surface area contributed by atoms with Crippen LogP contribution in [0.2, 0.25) is 10.0 Å². The van der Waals surface area contributed by atoms with E-state index in [0.29, 0.717) is 10.0 Å². The number of carbonyl (C=O) groups is 1. The highest BCUT2D eigenvalue weighted by Crippen LogP contribution is 2.25. The zero-order chi connectivity index (χ0) is 20.1. The highest BCUT2D eigenvalue weighted by Gasteiger charge is 2.26. The first-order valence-electron chi connectivity index (χ1n) is 9.57. The fourth-order valence-corrected chi connectivity index (χ4v) is 4.02. The molecule has 0 saturated carbocycles. The number of hydrogen-bond donors (Lipinski definition) is 1. The predicted molar refractivity (Wildman–Crippen MR) is 114 cm³/mol. The van der Waals surface area contributed by atoms with E-state index in [2.05, 4.69) is 10.2 Å². The third-order valence-corrected chi connectivity index (χ3v) is 5.93. The number of benzene rings is 2. The van der Waals surface area contributed by atoms with Crippen LogP contribution in [0.3, 0.4) is 0 Å². The molecule has 1 aliphatic rings. The standard InChI is InChI=1S/C22H26Cl2N2O2/c1-15(16-4-7-20(28-2)8-5-16)25-22(27)17-9-11-26(12-10-17)14-18-3-6-19(23)13-21(18)24/h3-8,13,15,17H,9-12,14H2,1-2H3,(H,25,27)/t15-/m0/s1. The van der Waals surface area contributed by atoms with Crippen LogP contribution in [0.25, 0.3) is 0 Å². The van der Waals surface area contributed by atoms with E-state index >= 15 is 0 Å². The Hall–Kier alpha value is -1.75. The summed E-state index contributed by atoms with van der Waals surface area (Å²) in [4.78, 5) is 15.0. The lowest BCUT2D eigenvalue weighted by atomic mass is 9.95. The minimum absolute atomic E-state index is 0.0238. The van der Waals surface area contributed by atoms with Crippen LogP contribution in [0.15, 0.2) is 42.5 Å². The van der Waals surface area contributed by atoms with E-state index in [1.807, 2.05) is 43.3 Å². The van der Waals surface area contributed by atoms with Gasteiger partial charge in [-0.05, 0) is 68.2 Å². The van der Waals surface area contributed by atoms with Crippen LogP contribution in [-0.2, 0) is 11.3 Å². The predicted octanol–water partition coefficient (Wildman–Crippen LogP) is 5.09. The zero-order valence-electron chi connectivity index (χ0n) is 16.3. The molecule has 1 atom stereocenters. The molecule has 150 valence electrons. The lowest BCUT2D eigenvalue weighted by Gasteiger charge is -2.32. The fourth-order valence-electron chi connectivity index (χ4n) is 3.55. The second-order valence-electron chi connectivity index (χ2n) is 7.29. The molecule has 1 amide bonds. The van der Waals surface area contributed by atoms with Crippen molar-refractivity contribution < 1.29 is 9.53 Å². The SMILES string of the molecule is COc1ccc([C@H](C)NC(=O)C2CCN(Cc3ccc(Cl)cc3Cl)CC2)cc1. The quantitative estimate of drug-likeness (QED) is 0.707. The Labute approximate surface area is 176 Å². The maximum atomic E-state index is 12.7. The van der Waals surface area contributed by atoms with E-state index in [-0.39, 0.29) is 17.9 Å². The number of amides is 1. The molecule has 0 spiro atoms. The molecule has 1 N–H and O–H groups in total. The molecule has 0 radical (unpaired) electrons. The van der Waals surface area contributed by atoms with Crippen molar-refractivity contribution in [3.8, 4) is 5.75 Å². The van der Waals surface area contributed by atoms with E-state index in [0.717, 1.165) is 49.4 Å². The molecule has 2 aromatic rings. The molecule has 1 fully saturated rings. The number of hydrogen-bond acceptors (Lipinski definition) is 3. The van der Waals surface area contributed by atoms with Crippen molar-refractivity contribution in [2.24, 2.45) is 5.92 Å². The lowest BCUT2D eigenvalue weighted by Crippen LogP contribution is -2.40. The summed E-state index contributed by atoms with van der Waals surface area (Å²) in [7, 11) is 1.65. The van der Waals surface area contributed by atoms with Crippen LogP contribution < -0.4 is 10.1 Å². The largest absolute Gasteiger partial charge is 0.497 e. The number of halogens is 2. The van der Waals surface area contributed by atoms with Gasteiger partial charge in [-0.25, -0.2) is 0 Å².